The number of likely N-dealkylation sites (tertiary alicyclic amines) is 1. The number of aromatic nitrogens is 1. The topological polar surface area (TPSA) is 107 Å². The molecule has 0 aliphatic carbocycles. The first-order valence-corrected chi connectivity index (χ1v) is 15.0. The summed E-state index contributed by atoms with van der Waals surface area (Å²) in [5.74, 6) is -4.26. The molecule has 238 valence electrons. The van der Waals surface area contributed by atoms with Gasteiger partial charge in [0.25, 0.3) is 0 Å². The number of rotatable bonds is 12. The summed E-state index contributed by atoms with van der Waals surface area (Å²) in [6.45, 7) is 5.36. The molecule has 2 aliphatic heterocycles. The highest BCUT2D eigenvalue weighted by Crippen LogP contribution is 2.40. The second-order valence-electron chi connectivity index (χ2n) is 11.6. The number of anilines is 1. The van der Waals surface area contributed by atoms with Crippen LogP contribution in [-0.4, -0.2) is 90.6 Å². The van der Waals surface area contributed by atoms with Crippen LogP contribution in [0.4, 0.5) is 18.9 Å². The zero-order chi connectivity index (χ0) is 31.3. The average molecular weight is 617 g/mol. The van der Waals surface area contributed by atoms with Gasteiger partial charge in [0.15, 0.2) is 17.5 Å². The Morgan fingerprint density at radius 2 is 1.80 bits per heavy atom. The lowest BCUT2D eigenvalue weighted by atomic mass is 9.73. The van der Waals surface area contributed by atoms with Crippen LogP contribution in [0.5, 0.6) is 5.75 Å². The van der Waals surface area contributed by atoms with Crippen LogP contribution in [0.2, 0.25) is 0 Å². The van der Waals surface area contributed by atoms with Crippen LogP contribution in [0.25, 0.3) is 10.9 Å². The fourth-order valence-electron chi connectivity index (χ4n) is 6.23. The number of benzene rings is 2. The number of aliphatic hydroxyl groups is 1. The van der Waals surface area contributed by atoms with Crippen LogP contribution in [0.3, 0.4) is 0 Å². The van der Waals surface area contributed by atoms with E-state index in [1.165, 1.54) is 0 Å². The quantitative estimate of drug-likeness (QED) is 0.252. The number of carboxylic acids is 1. The van der Waals surface area contributed by atoms with Crippen molar-refractivity contribution in [2.24, 2.45) is 5.41 Å². The molecule has 44 heavy (non-hydrogen) atoms. The maximum atomic E-state index is 13.5. The van der Waals surface area contributed by atoms with Gasteiger partial charge in [-0.25, -0.2) is 13.2 Å². The van der Waals surface area contributed by atoms with E-state index in [0.717, 1.165) is 47.3 Å². The second kappa shape index (κ2) is 14.1. The van der Waals surface area contributed by atoms with Gasteiger partial charge in [0.1, 0.15) is 5.75 Å². The molecule has 3 aromatic rings. The Kier molecular flexibility index (Phi) is 10.2. The maximum Gasteiger partial charge on any atom is 0.309 e. The number of hydrogen-bond acceptors (Lipinski definition) is 8. The van der Waals surface area contributed by atoms with Crippen LogP contribution >= 0.6 is 0 Å². The Hall–Kier alpha value is -3.45. The van der Waals surface area contributed by atoms with Gasteiger partial charge in [-0.1, -0.05) is 0 Å². The van der Waals surface area contributed by atoms with E-state index in [1.807, 2.05) is 18.2 Å². The number of carboxylic acid groups (broad SMARTS) is 1. The van der Waals surface area contributed by atoms with Crippen molar-refractivity contribution in [3.8, 4) is 5.75 Å². The van der Waals surface area contributed by atoms with Crippen LogP contribution in [-0.2, 0) is 16.1 Å². The lowest BCUT2D eigenvalue weighted by Crippen LogP contribution is -2.45. The van der Waals surface area contributed by atoms with Gasteiger partial charge in [-0.15, -0.1) is 0 Å². The molecule has 0 amide bonds. The van der Waals surface area contributed by atoms with E-state index >= 15 is 0 Å². The summed E-state index contributed by atoms with van der Waals surface area (Å²) in [5.41, 5.74) is 1.53. The molecular formula is C32H39F3N4O5. The van der Waals surface area contributed by atoms with E-state index in [9.17, 15) is 28.2 Å². The van der Waals surface area contributed by atoms with Gasteiger partial charge in [-0.2, -0.15) is 0 Å². The van der Waals surface area contributed by atoms with E-state index in [-0.39, 0.29) is 12.1 Å². The number of pyridine rings is 1. The summed E-state index contributed by atoms with van der Waals surface area (Å²) in [6.07, 6.45) is 2.27. The Balaban J connectivity index is 1.25. The van der Waals surface area contributed by atoms with Gasteiger partial charge in [-0.3, -0.25) is 14.7 Å². The van der Waals surface area contributed by atoms with E-state index in [0.29, 0.717) is 70.9 Å². The first-order chi connectivity index (χ1) is 21.2. The number of fused-ring (bicyclic) bond motifs is 1. The number of aliphatic hydroxyl groups excluding tert-OH is 1. The van der Waals surface area contributed by atoms with Crippen molar-refractivity contribution < 1.29 is 37.7 Å². The molecule has 1 unspecified atom stereocenters. The number of morpholine rings is 1. The number of piperidine rings is 1. The summed E-state index contributed by atoms with van der Waals surface area (Å²) in [6, 6.07) is 7.37. The van der Waals surface area contributed by atoms with Crippen molar-refractivity contribution in [3.05, 3.63) is 65.1 Å². The minimum atomic E-state index is -1.51. The third-order valence-electron chi connectivity index (χ3n) is 8.93. The Bertz CT molecular complexity index is 1440. The third kappa shape index (κ3) is 7.26. The van der Waals surface area contributed by atoms with E-state index < -0.39 is 34.9 Å². The molecule has 1 atom stereocenters. The Morgan fingerprint density at radius 3 is 2.45 bits per heavy atom. The van der Waals surface area contributed by atoms with Gasteiger partial charge in [0.2, 0.25) is 0 Å². The Morgan fingerprint density at radius 1 is 1.09 bits per heavy atom. The van der Waals surface area contributed by atoms with Gasteiger partial charge >= 0.3 is 5.97 Å². The van der Waals surface area contributed by atoms with Crippen LogP contribution in [0, 0.1) is 22.9 Å². The minimum Gasteiger partial charge on any atom is -0.497 e. The minimum absolute atomic E-state index is 0.140. The van der Waals surface area contributed by atoms with Crippen molar-refractivity contribution in [1.82, 2.24) is 14.8 Å². The van der Waals surface area contributed by atoms with Crippen molar-refractivity contribution in [1.29, 1.82) is 0 Å². The number of nitrogens with one attached hydrogen (secondary N) is 1. The summed E-state index contributed by atoms with van der Waals surface area (Å²) >= 11 is 0. The molecule has 0 saturated carbocycles. The lowest BCUT2D eigenvalue weighted by Gasteiger charge is -2.39. The normalized spacial score (nSPS) is 18.3. The third-order valence-corrected chi connectivity index (χ3v) is 8.93. The fourth-order valence-corrected chi connectivity index (χ4v) is 6.23. The first kappa shape index (κ1) is 32.0. The predicted molar refractivity (Wildman–Crippen MR) is 159 cm³/mol. The molecule has 5 rings (SSSR count). The van der Waals surface area contributed by atoms with E-state index in [1.54, 1.807) is 13.3 Å². The monoisotopic (exact) mass is 616 g/mol. The van der Waals surface area contributed by atoms with E-state index in [4.69, 9.17) is 9.47 Å². The molecule has 0 radical (unpaired) electrons. The largest absolute Gasteiger partial charge is 0.497 e. The van der Waals surface area contributed by atoms with E-state index in [2.05, 4.69) is 20.1 Å². The van der Waals surface area contributed by atoms with Crippen LogP contribution < -0.4 is 10.1 Å². The number of halogens is 3. The zero-order valence-electron chi connectivity index (χ0n) is 24.8. The standard InChI is InChI=1S/C32H39F3N4O5/c1-43-23-2-3-27-24(18-23)29(21(19-37-27)20-39-12-14-44-15-13-39)28(40)4-5-32(31(41)42)6-9-38(10-7-32)11-8-36-22-16-25(33)30(35)26(34)17-22/h2-3,16-19,28,36,40H,4-15,20H2,1H3,(H,41,42). The highest BCUT2D eigenvalue weighted by Gasteiger charge is 2.41. The molecule has 2 saturated heterocycles. The molecule has 9 nitrogen and oxygen atoms in total. The highest BCUT2D eigenvalue weighted by molar-refractivity contribution is 5.85. The van der Waals surface area contributed by atoms with Crippen molar-refractivity contribution in [2.75, 3.05) is 64.9 Å². The number of nitrogens with zero attached hydrogens (tertiary/aromatic N) is 3. The summed E-state index contributed by atoms with van der Waals surface area (Å²) in [4.78, 5) is 21.6. The summed E-state index contributed by atoms with van der Waals surface area (Å²) in [7, 11) is 1.59. The molecule has 1 aromatic heterocycles. The predicted octanol–water partition coefficient (Wildman–Crippen LogP) is 4.59. The number of hydrogen-bond donors (Lipinski definition) is 3. The molecule has 2 aromatic carbocycles. The fraction of sp³-hybridized carbons (Fsp3) is 0.500. The van der Waals surface area contributed by atoms with Crippen molar-refractivity contribution in [2.45, 2.75) is 38.3 Å². The Labute approximate surface area is 254 Å². The molecule has 0 spiro atoms. The number of ether oxygens (including phenoxy) is 2. The lowest BCUT2D eigenvalue weighted by molar-refractivity contribution is -0.153. The van der Waals surface area contributed by atoms with Gasteiger partial charge in [-0.05, 0) is 68.1 Å². The molecule has 0 bridgehead atoms. The van der Waals surface area contributed by atoms with Crippen LogP contribution in [0.15, 0.2) is 36.5 Å². The van der Waals surface area contributed by atoms with Gasteiger partial charge < -0.3 is 29.9 Å². The van der Waals surface area contributed by atoms with Gasteiger partial charge in [0.05, 0.1) is 37.4 Å². The number of carbonyl (C=O) groups is 1. The molecule has 2 aliphatic rings. The smallest absolute Gasteiger partial charge is 0.309 e. The molecule has 12 heteroatoms. The summed E-state index contributed by atoms with van der Waals surface area (Å²) < 4.78 is 51.2. The molecule has 2 fully saturated rings. The zero-order valence-corrected chi connectivity index (χ0v) is 24.8. The molecular weight excluding hydrogens is 577 g/mol. The second-order valence-corrected chi connectivity index (χ2v) is 11.6. The number of methoxy groups -OCH3 is 1. The van der Waals surface area contributed by atoms with Crippen molar-refractivity contribution >= 4 is 22.6 Å². The van der Waals surface area contributed by atoms with Crippen LogP contribution in [0.1, 0.15) is 42.9 Å². The van der Waals surface area contributed by atoms with Gasteiger partial charge in [0, 0.05) is 62.1 Å². The van der Waals surface area contributed by atoms with Crippen molar-refractivity contribution in [3.63, 3.8) is 0 Å². The maximum absolute atomic E-state index is 13.5. The number of aliphatic carboxylic acids is 1. The first-order valence-electron chi connectivity index (χ1n) is 15.0. The summed E-state index contributed by atoms with van der Waals surface area (Å²) in [5, 5.41) is 25.6. The SMILES string of the molecule is COc1ccc2ncc(CN3CCOCC3)c(C(O)CCC3(C(=O)O)CCN(CCNc4cc(F)c(F)c(F)c4)CC3)c2c1. The molecule has 3 N–H and O–H groups in total. The average Bonchev–Trinajstić information content (AvgIpc) is 3.03. The molecule has 3 heterocycles. The highest BCUT2D eigenvalue weighted by atomic mass is 19.2.